The van der Waals surface area contributed by atoms with Crippen LogP contribution in [0.5, 0.6) is 11.5 Å². The number of aliphatic imine (C=N–C) groups is 1. The summed E-state index contributed by atoms with van der Waals surface area (Å²) in [5.74, 6) is 1.69. The molecule has 96 valence electrons. The molecule has 1 aromatic carbocycles. The molecule has 0 amide bonds. The minimum absolute atomic E-state index is 0.499. The molecule has 3 nitrogen and oxygen atoms in total. The molecule has 1 heterocycles. The van der Waals surface area contributed by atoms with Gasteiger partial charge in [-0.15, -0.1) is 0 Å². The predicted molar refractivity (Wildman–Crippen MR) is 71.9 cm³/mol. The summed E-state index contributed by atoms with van der Waals surface area (Å²) in [5, 5.41) is 0. The molecule has 3 rings (SSSR count). The molecular formula is C15H19NO2. The number of rotatable bonds is 2. The first-order valence-corrected chi connectivity index (χ1v) is 6.85. The van der Waals surface area contributed by atoms with Crippen LogP contribution >= 0.6 is 0 Å². The monoisotopic (exact) mass is 245 g/mol. The molecule has 0 N–H and O–H groups in total. The van der Waals surface area contributed by atoms with Gasteiger partial charge < -0.3 is 9.47 Å². The van der Waals surface area contributed by atoms with Crippen LogP contribution in [0.1, 0.15) is 37.7 Å². The number of para-hydroxylation sites is 1. The maximum atomic E-state index is 5.68. The molecule has 1 fully saturated rings. The van der Waals surface area contributed by atoms with Crippen LogP contribution in [0.25, 0.3) is 0 Å². The van der Waals surface area contributed by atoms with Crippen molar-refractivity contribution < 1.29 is 9.47 Å². The van der Waals surface area contributed by atoms with Gasteiger partial charge in [0.1, 0.15) is 13.2 Å². The lowest BCUT2D eigenvalue weighted by Crippen LogP contribution is -2.16. The maximum absolute atomic E-state index is 5.68. The van der Waals surface area contributed by atoms with Gasteiger partial charge in [0.25, 0.3) is 0 Å². The van der Waals surface area contributed by atoms with Crippen LogP contribution in [0, 0.1) is 0 Å². The van der Waals surface area contributed by atoms with Crippen molar-refractivity contribution in [2.45, 2.75) is 38.1 Å². The molecule has 18 heavy (non-hydrogen) atoms. The molecule has 2 aliphatic rings. The Labute approximate surface area is 108 Å². The maximum Gasteiger partial charge on any atom is 0.170 e. The first-order valence-electron chi connectivity index (χ1n) is 6.85. The van der Waals surface area contributed by atoms with E-state index in [1.54, 1.807) is 0 Å². The highest BCUT2D eigenvalue weighted by Gasteiger charge is 2.15. The fourth-order valence-electron chi connectivity index (χ4n) is 2.61. The van der Waals surface area contributed by atoms with Crippen molar-refractivity contribution in [1.82, 2.24) is 0 Å². The zero-order valence-corrected chi connectivity index (χ0v) is 10.6. The SMILES string of the molecule is C(=NC1CCCCC1)c1cccc2c1OCCO2. The van der Waals surface area contributed by atoms with Crippen LogP contribution in [-0.2, 0) is 0 Å². The van der Waals surface area contributed by atoms with E-state index in [9.17, 15) is 0 Å². The Hall–Kier alpha value is -1.51. The summed E-state index contributed by atoms with van der Waals surface area (Å²) < 4.78 is 11.2. The zero-order chi connectivity index (χ0) is 12.2. The summed E-state index contributed by atoms with van der Waals surface area (Å²) >= 11 is 0. The molecule has 1 saturated carbocycles. The third-order valence-electron chi connectivity index (χ3n) is 3.60. The molecule has 3 heteroatoms. The van der Waals surface area contributed by atoms with E-state index in [2.05, 4.69) is 0 Å². The van der Waals surface area contributed by atoms with Gasteiger partial charge in [-0.05, 0) is 25.0 Å². The van der Waals surface area contributed by atoms with Gasteiger partial charge in [0.2, 0.25) is 0 Å². The fraction of sp³-hybridized carbons (Fsp3) is 0.533. The van der Waals surface area contributed by atoms with E-state index in [1.165, 1.54) is 32.1 Å². The van der Waals surface area contributed by atoms with Gasteiger partial charge in [0.15, 0.2) is 11.5 Å². The zero-order valence-electron chi connectivity index (χ0n) is 10.6. The first-order chi connectivity index (χ1) is 8.93. The van der Waals surface area contributed by atoms with Crippen molar-refractivity contribution in [3.8, 4) is 11.5 Å². The fourth-order valence-corrected chi connectivity index (χ4v) is 2.61. The highest BCUT2D eigenvalue weighted by molar-refractivity contribution is 5.85. The highest BCUT2D eigenvalue weighted by Crippen LogP contribution is 2.32. The summed E-state index contributed by atoms with van der Waals surface area (Å²) in [6, 6.07) is 6.49. The number of benzene rings is 1. The van der Waals surface area contributed by atoms with E-state index in [-0.39, 0.29) is 0 Å². The Morgan fingerprint density at radius 2 is 1.89 bits per heavy atom. The molecule has 0 bridgehead atoms. The second-order valence-corrected chi connectivity index (χ2v) is 4.94. The van der Waals surface area contributed by atoms with Crippen LogP contribution < -0.4 is 9.47 Å². The van der Waals surface area contributed by atoms with Crippen LogP contribution in [0.4, 0.5) is 0 Å². The highest BCUT2D eigenvalue weighted by atomic mass is 16.6. The van der Waals surface area contributed by atoms with Crippen LogP contribution in [0.3, 0.4) is 0 Å². The summed E-state index contributed by atoms with van der Waals surface area (Å²) in [5.41, 5.74) is 1.04. The summed E-state index contributed by atoms with van der Waals surface area (Å²) in [7, 11) is 0. The smallest absolute Gasteiger partial charge is 0.170 e. The van der Waals surface area contributed by atoms with E-state index >= 15 is 0 Å². The van der Waals surface area contributed by atoms with Crippen molar-refractivity contribution in [2.24, 2.45) is 4.99 Å². The van der Waals surface area contributed by atoms with E-state index in [0.717, 1.165) is 17.1 Å². The van der Waals surface area contributed by atoms with Gasteiger partial charge in [0, 0.05) is 17.8 Å². The number of fused-ring (bicyclic) bond motifs is 1. The molecule has 0 unspecified atom stereocenters. The van der Waals surface area contributed by atoms with Crippen molar-refractivity contribution in [1.29, 1.82) is 0 Å². The lowest BCUT2D eigenvalue weighted by atomic mass is 9.96. The Morgan fingerprint density at radius 3 is 2.78 bits per heavy atom. The molecule has 0 aromatic heterocycles. The summed E-state index contributed by atoms with van der Waals surface area (Å²) in [6.45, 7) is 1.26. The van der Waals surface area contributed by atoms with Gasteiger partial charge in [-0.25, -0.2) is 0 Å². The average Bonchev–Trinajstić information content (AvgIpc) is 2.46. The van der Waals surface area contributed by atoms with E-state index in [0.29, 0.717) is 19.3 Å². The lowest BCUT2D eigenvalue weighted by molar-refractivity contribution is 0.171. The number of hydrogen-bond acceptors (Lipinski definition) is 3. The Balaban J connectivity index is 1.77. The average molecular weight is 245 g/mol. The molecule has 1 aliphatic carbocycles. The minimum atomic E-state index is 0.499. The summed E-state index contributed by atoms with van der Waals surface area (Å²) in [4.78, 5) is 4.70. The number of nitrogens with zero attached hydrogens (tertiary/aromatic N) is 1. The van der Waals surface area contributed by atoms with Gasteiger partial charge in [-0.3, -0.25) is 4.99 Å². The quantitative estimate of drug-likeness (QED) is 0.749. The molecule has 0 radical (unpaired) electrons. The third-order valence-corrected chi connectivity index (χ3v) is 3.60. The molecule has 0 spiro atoms. The van der Waals surface area contributed by atoms with Crippen molar-refractivity contribution >= 4 is 6.21 Å². The van der Waals surface area contributed by atoms with Gasteiger partial charge in [-0.1, -0.05) is 25.3 Å². The Morgan fingerprint density at radius 1 is 1.06 bits per heavy atom. The lowest BCUT2D eigenvalue weighted by Gasteiger charge is -2.20. The molecule has 1 aromatic rings. The normalized spacial score (nSPS) is 20.2. The molecule has 0 atom stereocenters. The minimum Gasteiger partial charge on any atom is -0.486 e. The van der Waals surface area contributed by atoms with Gasteiger partial charge in [0.05, 0.1) is 0 Å². The Bertz CT molecular complexity index is 436. The molecule has 0 saturated heterocycles. The van der Waals surface area contributed by atoms with Crippen LogP contribution in [0.2, 0.25) is 0 Å². The second kappa shape index (κ2) is 5.42. The van der Waals surface area contributed by atoms with Crippen LogP contribution in [-0.4, -0.2) is 25.5 Å². The van der Waals surface area contributed by atoms with Crippen molar-refractivity contribution in [3.63, 3.8) is 0 Å². The van der Waals surface area contributed by atoms with Crippen molar-refractivity contribution in [2.75, 3.05) is 13.2 Å². The first kappa shape index (κ1) is 11.6. The number of ether oxygens (including phenoxy) is 2. The third kappa shape index (κ3) is 2.50. The van der Waals surface area contributed by atoms with Gasteiger partial charge >= 0.3 is 0 Å². The largest absolute Gasteiger partial charge is 0.486 e. The predicted octanol–water partition coefficient (Wildman–Crippen LogP) is 3.21. The topological polar surface area (TPSA) is 30.8 Å². The van der Waals surface area contributed by atoms with Gasteiger partial charge in [-0.2, -0.15) is 0 Å². The Kier molecular flexibility index (Phi) is 3.49. The van der Waals surface area contributed by atoms with E-state index < -0.39 is 0 Å². The molecular weight excluding hydrogens is 226 g/mol. The van der Waals surface area contributed by atoms with Crippen LogP contribution in [0.15, 0.2) is 23.2 Å². The standard InChI is InChI=1S/C15H19NO2/c1-2-6-13(7-3-1)16-11-12-5-4-8-14-15(12)18-10-9-17-14/h4-5,8,11,13H,1-3,6-7,9-10H2. The second-order valence-electron chi connectivity index (χ2n) is 4.94. The van der Waals surface area contributed by atoms with Crippen molar-refractivity contribution in [3.05, 3.63) is 23.8 Å². The summed E-state index contributed by atoms with van der Waals surface area (Å²) in [6.07, 6.45) is 8.40. The van der Waals surface area contributed by atoms with E-state index in [1.807, 2.05) is 24.4 Å². The van der Waals surface area contributed by atoms with E-state index in [4.69, 9.17) is 14.5 Å². The number of hydrogen-bond donors (Lipinski definition) is 0. The molecule has 1 aliphatic heterocycles.